The van der Waals surface area contributed by atoms with E-state index in [9.17, 15) is 9.59 Å². The molecular weight excluding hydrogens is 244 g/mol. The van der Waals surface area contributed by atoms with Crippen LogP contribution in [0.5, 0.6) is 0 Å². The van der Waals surface area contributed by atoms with Gasteiger partial charge < -0.3 is 9.73 Å². The maximum Gasteiger partial charge on any atom is 0.321 e. The summed E-state index contributed by atoms with van der Waals surface area (Å²) >= 11 is 0. The third-order valence-corrected chi connectivity index (χ3v) is 3.24. The van der Waals surface area contributed by atoms with Crippen LogP contribution in [0.15, 0.2) is 34.7 Å². The Bertz CT molecular complexity index is 660. The van der Waals surface area contributed by atoms with Crippen LogP contribution in [-0.2, 0) is 6.54 Å². The number of carbonyl (C=O) groups is 2. The number of nitrogens with one attached hydrogen (secondary N) is 1. The van der Waals surface area contributed by atoms with Gasteiger partial charge in [0.1, 0.15) is 5.76 Å². The van der Waals surface area contributed by atoms with E-state index in [1.165, 1.54) is 0 Å². The van der Waals surface area contributed by atoms with Gasteiger partial charge in [0.05, 0.1) is 5.69 Å². The fourth-order valence-corrected chi connectivity index (χ4v) is 2.26. The molecule has 2 amide bonds. The van der Waals surface area contributed by atoms with Crippen LogP contribution in [0.2, 0.25) is 0 Å². The van der Waals surface area contributed by atoms with Crippen molar-refractivity contribution in [1.29, 1.82) is 0 Å². The van der Waals surface area contributed by atoms with Gasteiger partial charge in [-0.3, -0.25) is 9.69 Å². The van der Waals surface area contributed by atoms with Crippen molar-refractivity contribution in [3.05, 3.63) is 41.7 Å². The number of benzene rings is 1. The van der Waals surface area contributed by atoms with Gasteiger partial charge in [-0.1, -0.05) is 12.1 Å². The number of furan rings is 1. The van der Waals surface area contributed by atoms with Crippen LogP contribution in [0.1, 0.15) is 16.1 Å². The second-order valence-corrected chi connectivity index (χ2v) is 4.34. The van der Waals surface area contributed by atoms with Crippen molar-refractivity contribution in [2.24, 2.45) is 0 Å². The second-order valence-electron chi connectivity index (χ2n) is 4.34. The summed E-state index contributed by atoms with van der Waals surface area (Å²) in [5.74, 6) is 0.921. The molecule has 3 rings (SSSR count). The molecule has 0 unspecified atom stereocenters. The highest BCUT2D eigenvalue weighted by Crippen LogP contribution is 2.33. The Morgan fingerprint density at radius 2 is 2.16 bits per heavy atom. The number of nitrogens with zero attached hydrogens (tertiary/aromatic N) is 1. The Balaban J connectivity index is 2.13. The van der Waals surface area contributed by atoms with Crippen molar-refractivity contribution < 1.29 is 14.0 Å². The number of anilines is 1. The number of amides is 2. The molecule has 1 N–H and O–H groups in total. The van der Waals surface area contributed by atoms with Crippen LogP contribution >= 0.6 is 0 Å². The molecule has 1 aliphatic rings. The van der Waals surface area contributed by atoms with Gasteiger partial charge in [0.15, 0.2) is 12.0 Å². The third-order valence-electron chi connectivity index (χ3n) is 3.24. The quantitative estimate of drug-likeness (QED) is 0.839. The molecule has 1 aromatic heterocycles. The molecule has 1 aliphatic heterocycles. The Labute approximate surface area is 109 Å². The average molecular weight is 256 g/mol. The van der Waals surface area contributed by atoms with E-state index in [1.54, 1.807) is 24.1 Å². The van der Waals surface area contributed by atoms with E-state index < -0.39 is 0 Å². The number of rotatable bonds is 2. The largest absolute Gasteiger partial charge is 0.453 e. The highest BCUT2D eigenvalue weighted by atomic mass is 16.3. The zero-order chi connectivity index (χ0) is 13.4. The number of hydrogen-bond donors (Lipinski definition) is 1. The first-order chi connectivity index (χ1) is 9.20. The minimum atomic E-state index is -0.127. The molecule has 0 spiro atoms. The summed E-state index contributed by atoms with van der Waals surface area (Å²) in [6.07, 6.45) is 0.673. The number of fused-ring (bicyclic) bond motifs is 1. The van der Waals surface area contributed by atoms with Gasteiger partial charge >= 0.3 is 6.03 Å². The highest BCUT2D eigenvalue weighted by molar-refractivity contribution is 5.96. The normalized spacial score (nSPS) is 13.9. The zero-order valence-electron chi connectivity index (χ0n) is 10.3. The molecule has 96 valence electrons. The van der Waals surface area contributed by atoms with E-state index in [-0.39, 0.29) is 6.03 Å². The molecule has 1 aromatic carbocycles. The van der Waals surface area contributed by atoms with E-state index >= 15 is 0 Å². The predicted molar refractivity (Wildman–Crippen MR) is 70.2 cm³/mol. The monoisotopic (exact) mass is 256 g/mol. The van der Waals surface area contributed by atoms with Crippen LogP contribution in [0.25, 0.3) is 11.3 Å². The van der Waals surface area contributed by atoms with Gasteiger partial charge in [0, 0.05) is 24.7 Å². The maximum atomic E-state index is 11.6. The van der Waals surface area contributed by atoms with Crippen molar-refractivity contribution in [2.45, 2.75) is 6.54 Å². The predicted octanol–water partition coefficient (Wildman–Crippen LogP) is 2.42. The summed E-state index contributed by atoms with van der Waals surface area (Å²) < 4.78 is 5.45. The van der Waals surface area contributed by atoms with Gasteiger partial charge in [0.2, 0.25) is 0 Å². The van der Waals surface area contributed by atoms with Crippen molar-refractivity contribution in [2.75, 3.05) is 11.9 Å². The molecule has 0 saturated heterocycles. The van der Waals surface area contributed by atoms with Crippen molar-refractivity contribution in [1.82, 2.24) is 5.32 Å². The lowest BCUT2D eigenvalue weighted by atomic mass is 10.0. The van der Waals surface area contributed by atoms with Crippen LogP contribution in [0, 0.1) is 0 Å². The lowest BCUT2D eigenvalue weighted by Crippen LogP contribution is -2.41. The first kappa shape index (κ1) is 11.5. The summed E-state index contributed by atoms with van der Waals surface area (Å²) in [5, 5.41) is 2.79. The van der Waals surface area contributed by atoms with Gasteiger partial charge in [0.25, 0.3) is 0 Å². The fraction of sp³-hybridized carbons (Fsp3) is 0.143. The standard InChI is InChI=1S/C14H12N2O3/c1-16-12-4-2-3-10(11(12)7-15-14(16)18)13-6-5-9(8-17)19-13/h2-6,8H,7H2,1H3,(H,15,18). The molecule has 5 nitrogen and oxygen atoms in total. The molecule has 0 fully saturated rings. The molecule has 5 heteroatoms. The first-order valence-electron chi connectivity index (χ1n) is 5.89. The molecular formula is C14H12N2O3. The number of carbonyl (C=O) groups excluding carboxylic acids is 2. The SMILES string of the molecule is CN1C(=O)NCc2c(-c3ccc(C=O)o3)cccc21. The number of aldehydes is 1. The van der Waals surface area contributed by atoms with Gasteiger partial charge in [-0.25, -0.2) is 4.79 Å². The number of hydrogen-bond acceptors (Lipinski definition) is 3. The average Bonchev–Trinajstić information content (AvgIpc) is 2.91. The van der Waals surface area contributed by atoms with E-state index in [0.717, 1.165) is 16.8 Å². The van der Waals surface area contributed by atoms with E-state index in [0.29, 0.717) is 24.4 Å². The van der Waals surface area contributed by atoms with E-state index in [2.05, 4.69) is 5.32 Å². The highest BCUT2D eigenvalue weighted by Gasteiger charge is 2.23. The molecule has 0 radical (unpaired) electrons. The Hall–Kier alpha value is -2.56. The number of urea groups is 1. The minimum absolute atomic E-state index is 0.127. The van der Waals surface area contributed by atoms with E-state index in [4.69, 9.17) is 4.42 Å². The summed E-state index contributed by atoms with van der Waals surface area (Å²) in [4.78, 5) is 23.8. The molecule has 0 atom stereocenters. The van der Waals surface area contributed by atoms with E-state index in [1.807, 2.05) is 18.2 Å². The Kier molecular flexibility index (Phi) is 2.59. The Morgan fingerprint density at radius 3 is 2.89 bits per heavy atom. The smallest absolute Gasteiger partial charge is 0.321 e. The van der Waals surface area contributed by atoms with Crippen LogP contribution in [-0.4, -0.2) is 19.4 Å². The van der Waals surface area contributed by atoms with Gasteiger partial charge in [-0.15, -0.1) is 0 Å². The lowest BCUT2D eigenvalue weighted by Gasteiger charge is -2.27. The molecule has 0 aliphatic carbocycles. The maximum absolute atomic E-state index is 11.6. The molecule has 2 heterocycles. The summed E-state index contributed by atoms with van der Waals surface area (Å²) in [5.41, 5.74) is 2.72. The van der Waals surface area contributed by atoms with Crippen LogP contribution < -0.4 is 10.2 Å². The first-order valence-corrected chi connectivity index (χ1v) is 5.89. The topological polar surface area (TPSA) is 62.6 Å². The van der Waals surface area contributed by atoms with Crippen LogP contribution in [0.3, 0.4) is 0 Å². The Morgan fingerprint density at radius 1 is 1.32 bits per heavy atom. The zero-order valence-corrected chi connectivity index (χ0v) is 10.3. The summed E-state index contributed by atoms with van der Waals surface area (Å²) in [6, 6.07) is 8.94. The molecule has 2 aromatic rings. The summed E-state index contributed by atoms with van der Waals surface area (Å²) in [7, 11) is 1.72. The fourth-order valence-electron chi connectivity index (χ4n) is 2.26. The van der Waals surface area contributed by atoms with Gasteiger partial charge in [-0.05, 0) is 18.2 Å². The second kappa shape index (κ2) is 4.28. The van der Waals surface area contributed by atoms with Crippen molar-refractivity contribution >= 4 is 18.0 Å². The molecule has 19 heavy (non-hydrogen) atoms. The summed E-state index contributed by atoms with van der Waals surface area (Å²) in [6.45, 7) is 0.450. The third kappa shape index (κ3) is 1.79. The lowest BCUT2D eigenvalue weighted by molar-refractivity contribution is 0.110. The van der Waals surface area contributed by atoms with Gasteiger partial charge in [-0.2, -0.15) is 0 Å². The minimum Gasteiger partial charge on any atom is -0.453 e. The van der Waals surface area contributed by atoms with Crippen molar-refractivity contribution in [3.8, 4) is 11.3 Å². The molecule has 0 saturated carbocycles. The van der Waals surface area contributed by atoms with Crippen LogP contribution in [0.4, 0.5) is 10.5 Å². The van der Waals surface area contributed by atoms with Crippen molar-refractivity contribution in [3.63, 3.8) is 0 Å². The molecule has 0 bridgehead atoms.